The Morgan fingerprint density at radius 1 is 1.37 bits per heavy atom. The molecule has 5 heteroatoms. The van der Waals surface area contributed by atoms with Crippen LogP contribution in [0.4, 0.5) is 4.39 Å². The van der Waals surface area contributed by atoms with E-state index in [9.17, 15) is 9.18 Å². The van der Waals surface area contributed by atoms with E-state index < -0.39 is 0 Å². The van der Waals surface area contributed by atoms with Gasteiger partial charge in [0.05, 0.1) is 6.04 Å². The number of rotatable bonds is 3. The van der Waals surface area contributed by atoms with E-state index >= 15 is 0 Å². The van der Waals surface area contributed by atoms with Gasteiger partial charge in [0.1, 0.15) is 5.82 Å². The second-order valence-corrected chi connectivity index (χ2v) is 4.82. The van der Waals surface area contributed by atoms with Crippen LogP contribution in [0.25, 0.3) is 0 Å². The molecule has 0 radical (unpaired) electrons. The number of benzene rings is 1. The molecule has 1 heterocycles. The average molecular weight is 287 g/mol. The van der Waals surface area contributed by atoms with Crippen molar-refractivity contribution >= 4 is 18.3 Å². The predicted molar refractivity (Wildman–Crippen MR) is 75.8 cm³/mol. The van der Waals surface area contributed by atoms with Crippen LogP contribution < -0.4 is 5.32 Å². The summed E-state index contributed by atoms with van der Waals surface area (Å²) >= 11 is 0. The number of carbonyl (C=O) groups excluding carboxylic acids is 1. The minimum atomic E-state index is -0.248. The smallest absolute Gasteiger partial charge is 0.239 e. The fourth-order valence-electron chi connectivity index (χ4n) is 2.27. The van der Waals surface area contributed by atoms with Gasteiger partial charge in [-0.1, -0.05) is 18.6 Å². The first-order valence-electron chi connectivity index (χ1n) is 6.39. The summed E-state index contributed by atoms with van der Waals surface area (Å²) < 4.78 is 12.8. The van der Waals surface area contributed by atoms with Gasteiger partial charge in [-0.15, -0.1) is 12.4 Å². The molecular weight excluding hydrogens is 267 g/mol. The van der Waals surface area contributed by atoms with E-state index in [1.807, 2.05) is 0 Å². The second-order valence-electron chi connectivity index (χ2n) is 4.82. The minimum absolute atomic E-state index is 0. The van der Waals surface area contributed by atoms with Crippen LogP contribution in [0, 0.1) is 5.82 Å². The maximum Gasteiger partial charge on any atom is 0.239 e. The summed E-state index contributed by atoms with van der Waals surface area (Å²) in [4.78, 5) is 13.9. The Labute approximate surface area is 119 Å². The van der Waals surface area contributed by atoms with Crippen molar-refractivity contribution in [1.82, 2.24) is 10.2 Å². The molecule has 106 valence electrons. The molecule has 0 aliphatic carbocycles. The van der Waals surface area contributed by atoms with Crippen molar-refractivity contribution in [2.75, 3.05) is 13.6 Å². The first-order valence-corrected chi connectivity index (χ1v) is 6.39. The van der Waals surface area contributed by atoms with Gasteiger partial charge in [0.25, 0.3) is 0 Å². The Kier molecular flexibility index (Phi) is 6.25. The van der Waals surface area contributed by atoms with Gasteiger partial charge in [-0.2, -0.15) is 0 Å². The SMILES string of the molecule is CN(Cc1ccc(F)cc1)C(=O)[C@@H]1CCCCN1.Cl. The van der Waals surface area contributed by atoms with Crippen LogP contribution in [-0.4, -0.2) is 30.4 Å². The van der Waals surface area contributed by atoms with Gasteiger partial charge in [-0.25, -0.2) is 4.39 Å². The van der Waals surface area contributed by atoms with Gasteiger partial charge in [-0.3, -0.25) is 4.79 Å². The largest absolute Gasteiger partial charge is 0.340 e. The predicted octanol–water partition coefficient (Wildman–Crippen LogP) is 2.35. The van der Waals surface area contributed by atoms with Crippen molar-refractivity contribution in [3.63, 3.8) is 0 Å². The molecule has 1 atom stereocenters. The highest BCUT2D eigenvalue weighted by atomic mass is 35.5. The van der Waals surface area contributed by atoms with Crippen LogP contribution in [-0.2, 0) is 11.3 Å². The number of piperidine rings is 1. The summed E-state index contributed by atoms with van der Waals surface area (Å²) in [5, 5.41) is 3.24. The zero-order valence-corrected chi connectivity index (χ0v) is 11.9. The summed E-state index contributed by atoms with van der Waals surface area (Å²) in [6, 6.07) is 6.23. The number of halogens is 2. The van der Waals surface area contributed by atoms with E-state index in [4.69, 9.17) is 0 Å². The molecule has 2 rings (SSSR count). The van der Waals surface area contributed by atoms with Crippen molar-refractivity contribution in [2.45, 2.75) is 31.8 Å². The van der Waals surface area contributed by atoms with Crippen LogP contribution in [0.3, 0.4) is 0 Å². The molecule has 1 aromatic rings. The van der Waals surface area contributed by atoms with Crippen molar-refractivity contribution in [3.05, 3.63) is 35.6 Å². The van der Waals surface area contributed by atoms with E-state index in [-0.39, 0.29) is 30.2 Å². The number of hydrogen-bond donors (Lipinski definition) is 1. The van der Waals surface area contributed by atoms with Crippen molar-refractivity contribution < 1.29 is 9.18 Å². The molecule has 0 saturated carbocycles. The zero-order valence-electron chi connectivity index (χ0n) is 11.1. The first kappa shape index (κ1) is 15.9. The van der Waals surface area contributed by atoms with Crippen molar-refractivity contribution in [2.24, 2.45) is 0 Å². The third kappa shape index (κ3) is 4.48. The molecular formula is C14H20ClFN2O. The monoisotopic (exact) mass is 286 g/mol. The summed E-state index contributed by atoms with van der Waals surface area (Å²) in [7, 11) is 1.79. The fourth-order valence-corrected chi connectivity index (χ4v) is 2.27. The molecule has 1 aromatic carbocycles. The number of carbonyl (C=O) groups is 1. The standard InChI is InChI=1S/C14H19FN2O.ClH/c1-17(10-11-5-7-12(15)8-6-11)14(18)13-4-2-3-9-16-13;/h5-8,13,16H,2-4,9-10H2,1H3;1H/t13-;/m0./s1. The maximum absolute atomic E-state index is 12.8. The molecule has 1 N–H and O–H groups in total. The van der Waals surface area contributed by atoms with E-state index in [2.05, 4.69) is 5.32 Å². The molecule has 0 aromatic heterocycles. The fraction of sp³-hybridized carbons (Fsp3) is 0.500. The summed E-state index contributed by atoms with van der Waals surface area (Å²) in [5.41, 5.74) is 0.947. The second kappa shape index (κ2) is 7.46. The third-order valence-corrected chi connectivity index (χ3v) is 3.32. The van der Waals surface area contributed by atoms with Gasteiger partial charge >= 0.3 is 0 Å². The minimum Gasteiger partial charge on any atom is -0.340 e. The number of nitrogens with one attached hydrogen (secondary N) is 1. The Morgan fingerprint density at radius 3 is 2.63 bits per heavy atom. The molecule has 1 aliphatic rings. The van der Waals surface area contributed by atoms with Crippen LogP contribution in [0.1, 0.15) is 24.8 Å². The van der Waals surface area contributed by atoms with E-state index in [1.165, 1.54) is 12.1 Å². The molecule has 1 aliphatic heterocycles. The number of hydrogen-bond acceptors (Lipinski definition) is 2. The molecule has 0 bridgehead atoms. The lowest BCUT2D eigenvalue weighted by Crippen LogP contribution is -2.46. The van der Waals surface area contributed by atoms with Crippen molar-refractivity contribution in [3.8, 4) is 0 Å². The van der Waals surface area contributed by atoms with Crippen LogP contribution in [0.5, 0.6) is 0 Å². The number of nitrogens with zero attached hydrogens (tertiary/aromatic N) is 1. The lowest BCUT2D eigenvalue weighted by Gasteiger charge is -2.27. The summed E-state index contributed by atoms with van der Waals surface area (Å²) in [6.07, 6.45) is 3.16. The molecule has 1 amide bonds. The Hall–Kier alpha value is -1.13. The Balaban J connectivity index is 0.00000180. The molecule has 1 fully saturated rings. The van der Waals surface area contributed by atoms with E-state index in [1.54, 1.807) is 24.1 Å². The highest BCUT2D eigenvalue weighted by molar-refractivity contribution is 5.85. The van der Waals surface area contributed by atoms with Gasteiger partial charge in [0, 0.05) is 13.6 Å². The molecule has 1 saturated heterocycles. The highest BCUT2D eigenvalue weighted by Gasteiger charge is 2.23. The zero-order chi connectivity index (χ0) is 13.0. The quantitative estimate of drug-likeness (QED) is 0.925. The average Bonchev–Trinajstić information content (AvgIpc) is 2.41. The lowest BCUT2D eigenvalue weighted by molar-refractivity contribution is -0.133. The molecule has 3 nitrogen and oxygen atoms in total. The molecule has 19 heavy (non-hydrogen) atoms. The third-order valence-electron chi connectivity index (χ3n) is 3.32. The maximum atomic E-state index is 12.8. The molecule has 0 unspecified atom stereocenters. The van der Waals surface area contributed by atoms with Crippen LogP contribution in [0.15, 0.2) is 24.3 Å². The summed E-state index contributed by atoms with van der Waals surface area (Å²) in [6.45, 7) is 1.44. The highest BCUT2D eigenvalue weighted by Crippen LogP contribution is 2.11. The van der Waals surface area contributed by atoms with E-state index in [0.29, 0.717) is 6.54 Å². The molecule has 0 spiro atoms. The summed E-state index contributed by atoms with van der Waals surface area (Å²) in [5.74, 6) is -0.124. The van der Waals surface area contributed by atoms with Crippen LogP contribution >= 0.6 is 12.4 Å². The van der Waals surface area contributed by atoms with Gasteiger partial charge in [0.15, 0.2) is 0 Å². The topological polar surface area (TPSA) is 32.3 Å². The van der Waals surface area contributed by atoms with Gasteiger partial charge in [-0.05, 0) is 37.1 Å². The number of amides is 1. The normalized spacial score (nSPS) is 18.5. The van der Waals surface area contributed by atoms with Gasteiger partial charge in [0.2, 0.25) is 5.91 Å². The Bertz CT molecular complexity index is 404. The number of likely N-dealkylation sites (N-methyl/N-ethyl adjacent to an activating group) is 1. The Morgan fingerprint density at radius 2 is 2.05 bits per heavy atom. The van der Waals surface area contributed by atoms with E-state index in [0.717, 1.165) is 31.4 Å². The van der Waals surface area contributed by atoms with Gasteiger partial charge < -0.3 is 10.2 Å². The van der Waals surface area contributed by atoms with Crippen LogP contribution in [0.2, 0.25) is 0 Å². The lowest BCUT2D eigenvalue weighted by atomic mass is 10.0. The first-order chi connectivity index (χ1) is 8.66. The van der Waals surface area contributed by atoms with Crippen molar-refractivity contribution in [1.29, 1.82) is 0 Å².